The first kappa shape index (κ1) is 18.7. The second-order valence-corrected chi connectivity index (χ2v) is 6.17. The number of carboxylic acid groups (broad SMARTS) is 1. The van der Waals surface area contributed by atoms with Gasteiger partial charge in [0.15, 0.2) is 0 Å². The summed E-state index contributed by atoms with van der Waals surface area (Å²) in [4.78, 5) is 27.1. The van der Waals surface area contributed by atoms with Crippen molar-refractivity contribution in [3.63, 3.8) is 0 Å². The maximum atomic E-state index is 12.3. The molecule has 0 aliphatic carbocycles. The third-order valence-electron chi connectivity index (χ3n) is 4.13. The molecular weight excluding hydrogens is 320 g/mol. The summed E-state index contributed by atoms with van der Waals surface area (Å²) in [5.41, 5.74) is 1.49. The van der Waals surface area contributed by atoms with Crippen LogP contribution in [-0.4, -0.2) is 29.1 Å². The number of pyridine rings is 1. The van der Waals surface area contributed by atoms with Crippen molar-refractivity contribution in [3.05, 3.63) is 30.5 Å². The predicted molar refractivity (Wildman–Crippen MR) is 96.8 cm³/mol. The SMILES string of the molecule is COc1ccc2ncc(NC(=O)C(C)CCCCCC(=O)O)cc2c1. The van der Waals surface area contributed by atoms with Gasteiger partial charge in [-0.3, -0.25) is 14.6 Å². The summed E-state index contributed by atoms with van der Waals surface area (Å²) in [6, 6.07) is 7.48. The summed E-state index contributed by atoms with van der Waals surface area (Å²) in [7, 11) is 1.61. The quantitative estimate of drug-likeness (QED) is 0.675. The highest BCUT2D eigenvalue weighted by atomic mass is 16.5. The molecule has 2 aromatic rings. The lowest BCUT2D eigenvalue weighted by molar-refractivity contribution is -0.137. The molecule has 1 heterocycles. The van der Waals surface area contributed by atoms with Crippen LogP contribution in [0, 0.1) is 5.92 Å². The number of benzene rings is 1. The first-order valence-electron chi connectivity index (χ1n) is 8.46. The lowest BCUT2D eigenvalue weighted by Gasteiger charge is -2.12. The van der Waals surface area contributed by atoms with Gasteiger partial charge in [0.1, 0.15) is 5.75 Å². The van der Waals surface area contributed by atoms with E-state index in [4.69, 9.17) is 9.84 Å². The Bertz CT molecular complexity index is 745. The Hall–Kier alpha value is -2.63. The smallest absolute Gasteiger partial charge is 0.303 e. The highest BCUT2D eigenvalue weighted by molar-refractivity contribution is 5.94. The minimum Gasteiger partial charge on any atom is -0.497 e. The molecule has 6 nitrogen and oxygen atoms in total. The van der Waals surface area contributed by atoms with Gasteiger partial charge >= 0.3 is 5.97 Å². The van der Waals surface area contributed by atoms with Gasteiger partial charge in [0.05, 0.1) is 24.5 Å². The zero-order valence-corrected chi connectivity index (χ0v) is 14.6. The van der Waals surface area contributed by atoms with Crippen LogP contribution < -0.4 is 10.1 Å². The first-order valence-corrected chi connectivity index (χ1v) is 8.46. The zero-order valence-electron chi connectivity index (χ0n) is 14.6. The Labute approximate surface area is 147 Å². The van der Waals surface area contributed by atoms with Gasteiger partial charge in [-0.1, -0.05) is 19.8 Å². The van der Waals surface area contributed by atoms with Crippen molar-refractivity contribution in [2.24, 2.45) is 5.92 Å². The molecule has 1 atom stereocenters. The maximum Gasteiger partial charge on any atom is 0.303 e. The second-order valence-electron chi connectivity index (χ2n) is 6.17. The van der Waals surface area contributed by atoms with Gasteiger partial charge in [-0.2, -0.15) is 0 Å². The molecule has 0 radical (unpaired) electrons. The van der Waals surface area contributed by atoms with Crippen molar-refractivity contribution in [3.8, 4) is 5.75 Å². The molecule has 0 fully saturated rings. The van der Waals surface area contributed by atoms with E-state index < -0.39 is 5.97 Å². The summed E-state index contributed by atoms with van der Waals surface area (Å²) in [6.45, 7) is 1.88. The molecule has 2 rings (SSSR count). The number of nitrogens with zero attached hydrogens (tertiary/aromatic N) is 1. The number of carbonyl (C=O) groups excluding carboxylic acids is 1. The number of unbranched alkanes of at least 4 members (excludes halogenated alkanes) is 2. The lowest BCUT2D eigenvalue weighted by Crippen LogP contribution is -2.20. The number of rotatable bonds is 9. The van der Waals surface area contributed by atoms with Crippen LogP contribution in [-0.2, 0) is 9.59 Å². The fraction of sp³-hybridized carbons (Fsp3) is 0.421. The van der Waals surface area contributed by atoms with Gasteiger partial charge < -0.3 is 15.2 Å². The standard InChI is InChI=1S/C19H24N2O4/c1-13(6-4-3-5-7-18(22)23)19(24)21-15-10-14-11-16(25-2)8-9-17(14)20-12-15/h8-13H,3-7H2,1-2H3,(H,21,24)(H,22,23). The maximum absolute atomic E-state index is 12.3. The molecule has 0 saturated heterocycles. The van der Waals surface area contributed by atoms with Crippen LogP contribution in [0.2, 0.25) is 0 Å². The van der Waals surface area contributed by atoms with Gasteiger partial charge in [-0.25, -0.2) is 0 Å². The molecule has 134 valence electrons. The molecule has 0 bridgehead atoms. The average molecular weight is 344 g/mol. The summed E-state index contributed by atoms with van der Waals surface area (Å²) in [6.07, 6.45) is 4.88. The van der Waals surface area contributed by atoms with E-state index >= 15 is 0 Å². The predicted octanol–water partition coefficient (Wildman–Crippen LogP) is 3.85. The summed E-state index contributed by atoms with van der Waals surface area (Å²) >= 11 is 0. The number of ether oxygens (including phenoxy) is 1. The molecule has 0 aliphatic rings. The number of methoxy groups -OCH3 is 1. The highest BCUT2D eigenvalue weighted by Crippen LogP contribution is 2.22. The van der Waals surface area contributed by atoms with Gasteiger partial charge in [-0.15, -0.1) is 0 Å². The van der Waals surface area contributed by atoms with Crippen LogP contribution in [0.5, 0.6) is 5.75 Å². The molecule has 0 saturated carbocycles. The van der Waals surface area contributed by atoms with E-state index in [-0.39, 0.29) is 18.2 Å². The van der Waals surface area contributed by atoms with E-state index in [0.717, 1.165) is 35.9 Å². The largest absolute Gasteiger partial charge is 0.497 e. The Balaban J connectivity index is 1.88. The first-order chi connectivity index (χ1) is 12.0. The fourth-order valence-corrected chi connectivity index (χ4v) is 2.61. The number of hydrogen-bond acceptors (Lipinski definition) is 4. The van der Waals surface area contributed by atoms with Crippen LogP contribution >= 0.6 is 0 Å². The number of amides is 1. The topological polar surface area (TPSA) is 88.5 Å². The Morgan fingerprint density at radius 1 is 1.24 bits per heavy atom. The van der Waals surface area contributed by atoms with Crippen molar-refractivity contribution >= 4 is 28.5 Å². The number of fused-ring (bicyclic) bond motifs is 1. The molecule has 6 heteroatoms. The lowest BCUT2D eigenvalue weighted by atomic mass is 10.0. The van der Waals surface area contributed by atoms with Gasteiger partial charge in [0.2, 0.25) is 5.91 Å². The average Bonchev–Trinajstić information content (AvgIpc) is 2.60. The van der Waals surface area contributed by atoms with Crippen LogP contribution in [0.15, 0.2) is 30.5 Å². The highest BCUT2D eigenvalue weighted by Gasteiger charge is 2.13. The van der Waals surface area contributed by atoms with E-state index in [2.05, 4.69) is 10.3 Å². The number of carboxylic acids is 1. The molecule has 1 amide bonds. The molecule has 1 unspecified atom stereocenters. The van der Waals surface area contributed by atoms with Crippen molar-refractivity contribution < 1.29 is 19.4 Å². The summed E-state index contributed by atoms with van der Waals surface area (Å²) in [5.74, 6) is -0.216. The molecule has 1 aromatic carbocycles. The minimum atomic E-state index is -0.772. The Morgan fingerprint density at radius 2 is 2.04 bits per heavy atom. The third-order valence-corrected chi connectivity index (χ3v) is 4.13. The van der Waals surface area contributed by atoms with E-state index in [0.29, 0.717) is 12.1 Å². The van der Waals surface area contributed by atoms with Gasteiger partial charge in [-0.05, 0) is 37.1 Å². The van der Waals surface area contributed by atoms with Crippen LogP contribution in [0.1, 0.15) is 39.0 Å². The molecule has 0 spiro atoms. The van der Waals surface area contributed by atoms with E-state index in [1.807, 2.05) is 31.2 Å². The van der Waals surface area contributed by atoms with Crippen LogP contribution in [0.3, 0.4) is 0 Å². The Morgan fingerprint density at radius 3 is 2.76 bits per heavy atom. The number of anilines is 1. The second kappa shape index (κ2) is 9.01. The fourth-order valence-electron chi connectivity index (χ4n) is 2.61. The number of nitrogens with one attached hydrogen (secondary N) is 1. The minimum absolute atomic E-state index is 0.0534. The van der Waals surface area contributed by atoms with E-state index in [1.54, 1.807) is 13.3 Å². The van der Waals surface area contributed by atoms with Crippen molar-refractivity contribution in [1.29, 1.82) is 0 Å². The van der Waals surface area contributed by atoms with Crippen molar-refractivity contribution in [2.75, 3.05) is 12.4 Å². The van der Waals surface area contributed by atoms with Crippen LogP contribution in [0.4, 0.5) is 5.69 Å². The number of carbonyl (C=O) groups is 2. The molecule has 2 N–H and O–H groups in total. The molecule has 25 heavy (non-hydrogen) atoms. The third kappa shape index (κ3) is 5.74. The number of hydrogen-bond donors (Lipinski definition) is 2. The van der Waals surface area contributed by atoms with Crippen molar-refractivity contribution in [2.45, 2.75) is 39.0 Å². The monoisotopic (exact) mass is 344 g/mol. The summed E-state index contributed by atoms with van der Waals surface area (Å²) in [5, 5.41) is 12.4. The zero-order chi connectivity index (χ0) is 18.2. The molecular formula is C19H24N2O4. The summed E-state index contributed by atoms with van der Waals surface area (Å²) < 4.78 is 5.21. The molecule has 0 aliphatic heterocycles. The van der Waals surface area contributed by atoms with Gasteiger partial charge in [0, 0.05) is 17.7 Å². The Kier molecular flexibility index (Phi) is 6.74. The molecule has 1 aromatic heterocycles. The van der Waals surface area contributed by atoms with Crippen molar-refractivity contribution in [1.82, 2.24) is 4.98 Å². The van der Waals surface area contributed by atoms with Gasteiger partial charge in [0.25, 0.3) is 0 Å². The number of aliphatic carboxylic acids is 1. The number of aromatic nitrogens is 1. The van der Waals surface area contributed by atoms with E-state index in [9.17, 15) is 9.59 Å². The van der Waals surface area contributed by atoms with E-state index in [1.165, 1.54) is 0 Å². The normalized spacial score (nSPS) is 11.9. The van der Waals surface area contributed by atoms with Crippen LogP contribution in [0.25, 0.3) is 10.9 Å².